The van der Waals surface area contributed by atoms with Crippen LogP contribution in [0.5, 0.6) is 0 Å². The van der Waals surface area contributed by atoms with Crippen LogP contribution < -0.4 is 0 Å². The zero-order valence-corrected chi connectivity index (χ0v) is 15.9. The van der Waals surface area contributed by atoms with E-state index in [1.54, 1.807) is 0 Å². The van der Waals surface area contributed by atoms with Gasteiger partial charge in [-0.15, -0.1) is 0 Å². The topological polar surface area (TPSA) is 68.1 Å². The highest BCUT2D eigenvalue weighted by molar-refractivity contribution is 8.17. The number of amides is 1. The first-order valence-electron chi connectivity index (χ1n) is 8.46. The molecule has 142 valence electrons. The Hall–Kier alpha value is -2.35. The lowest BCUT2D eigenvalue weighted by Crippen LogP contribution is -2.25. The van der Waals surface area contributed by atoms with Gasteiger partial charge in [-0.1, -0.05) is 11.8 Å². The van der Waals surface area contributed by atoms with E-state index < -0.39 is 29.6 Å². The summed E-state index contributed by atoms with van der Waals surface area (Å²) in [4.78, 5) is 33.6. The van der Waals surface area contributed by atoms with Crippen LogP contribution in [-0.2, 0) is 14.3 Å². The summed E-state index contributed by atoms with van der Waals surface area (Å²) in [5, 5.41) is 0.684. The molecule has 2 aliphatic heterocycles. The number of halogens is 2. The van der Waals surface area contributed by atoms with Crippen LogP contribution in [-0.4, -0.2) is 22.8 Å². The molecule has 2 atom stereocenters. The number of allylic oxidation sites excluding steroid dienone is 1. The first kappa shape index (κ1) is 19.4. The van der Waals surface area contributed by atoms with Gasteiger partial charge in [0.15, 0.2) is 0 Å². The fourth-order valence-electron chi connectivity index (χ4n) is 2.88. The van der Waals surface area contributed by atoms with E-state index in [0.29, 0.717) is 5.04 Å². The Labute approximate surface area is 159 Å². The molecule has 2 heterocycles. The van der Waals surface area contributed by atoms with E-state index in [4.69, 9.17) is 4.74 Å². The van der Waals surface area contributed by atoms with Crippen molar-refractivity contribution in [2.24, 2.45) is 15.9 Å². The zero-order valence-electron chi connectivity index (χ0n) is 15.1. The Kier molecular flexibility index (Phi) is 5.55. The SMILES string of the molecule is CC1=C(C)C2C(=O)N=C(CCC(=O)OC(C)c3cc(F)ccc3F)N=C2S1. The normalized spacial score (nSPS) is 20.2. The Balaban J connectivity index is 1.59. The highest BCUT2D eigenvalue weighted by atomic mass is 32.2. The maximum Gasteiger partial charge on any atom is 0.306 e. The van der Waals surface area contributed by atoms with Crippen LogP contribution in [0.1, 0.15) is 45.3 Å². The van der Waals surface area contributed by atoms with Gasteiger partial charge in [-0.3, -0.25) is 9.59 Å². The second-order valence-electron chi connectivity index (χ2n) is 6.39. The molecule has 27 heavy (non-hydrogen) atoms. The molecule has 1 aromatic carbocycles. The first-order chi connectivity index (χ1) is 12.8. The maximum absolute atomic E-state index is 13.7. The average Bonchev–Trinajstić information content (AvgIpc) is 2.89. The van der Waals surface area contributed by atoms with Gasteiger partial charge in [0, 0.05) is 12.0 Å². The maximum atomic E-state index is 13.7. The van der Waals surface area contributed by atoms with Crippen molar-refractivity contribution in [1.82, 2.24) is 0 Å². The molecular weight excluding hydrogens is 374 g/mol. The number of hydrogen-bond acceptors (Lipinski definition) is 5. The van der Waals surface area contributed by atoms with E-state index >= 15 is 0 Å². The quantitative estimate of drug-likeness (QED) is 0.699. The molecule has 0 spiro atoms. The van der Waals surface area contributed by atoms with E-state index in [-0.39, 0.29) is 30.1 Å². The molecule has 0 fully saturated rings. The first-order valence-corrected chi connectivity index (χ1v) is 9.27. The monoisotopic (exact) mass is 392 g/mol. The summed E-state index contributed by atoms with van der Waals surface area (Å²) in [7, 11) is 0. The third-order valence-corrected chi connectivity index (χ3v) is 5.64. The van der Waals surface area contributed by atoms with Crippen molar-refractivity contribution >= 4 is 34.5 Å². The van der Waals surface area contributed by atoms with Crippen LogP contribution >= 0.6 is 11.8 Å². The Bertz CT molecular complexity index is 908. The largest absolute Gasteiger partial charge is 0.458 e. The van der Waals surface area contributed by atoms with Crippen molar-refractivity contribution in [3.8, 4) is 0 Å². The lowest BCUT2D eigenvalue weighted by molar-refractivity contribution is -0.148. The van der Waals surface area contributed by atoms with E-state index in [1.807, 2.05) is 13.8 Å². The summed E-state index contributed by atoms with van der Waals surface area (Å²) in [6.07, 6.45) is -0.860. The fourth-order valence-corrected chi connectivity index (χ4v) is 4.02. The van der Waals surface area contributed by atoms with Gasteiger partial charge in [0.2, 0.25) is 0 Å². The third kappa shape index (κ3) is 4.16. The lowest BCUT2D eigenvalue weighted by Gasteiger charge is -2.16. The number of nitrogens with zero attached hydrogens (tertiary/aromatic N) is 2. The molecule has 0 radical (unpaired) electrons. The van der Waals surface area contributed by atoms with Crippen molar-refractivity contribution in [3.05, 3.63) is 45.9 Å². The van der Waals surface area contributed by atoms with E-state index in [9.17, 15) is 18.4 Å². The molecule has 0 saturated heterocycles. The minimum Gasteiger partial charge on any atom is -0.458 e. The van der Waals surface area contributed by atoms with Gasteiger partial charge >= 0.3 is 5.97 Å². The molecule has 8 heteroatoms. The van der Waals surface area contributed by atoms with Crippen LogP contribution in [0.15, 0.2) is 38.7 Å². The lowest BCUT2D eigenvalue weighted by atomic mass is 10.00. The van der Waals surface area contributed by atoms with Crippen molar-refractivity contribution in [1.29, 1.82) is 0 Å². The molecule has 0 bridgehead atoms. The number of amidine groups is 1. The fraction of sp³-hybridized carbons (Fsp3) is 0.368. The standard InChI is InChI=1S/C19H18F2N2O3S/c1-9-11(3)27-19-17(9)18(25)22-15(23-19)6-7-16(24)26-10(2)13-8-12(20)4-5-14(13)21/h4-5,8,10,17H,6-7H2,1-3H3. The molecule has 1 aromatic rings. The number of aliphatic imine (C=N–C) groups is 2. The van der Waals surface area contributed by atoms with E-state index in [1.165, 1.54) is 18.7 Å². The molecule has 0 aliphatic carbocycles. The number of thioether (sulfide) groups is 1. The summed E-state index contributed by atoms with van der Waals surface area (Å²) in [6.45, 7) is 5.28. The number of fused-ring (bicyclic) bond motifs is 1. The summed E-state index contributed by atoms with van der Waals surface area (Å²) in [5.41, 5.74) is 0.924. The number of rotatable bonds is 5. The smallest absolute Gasteiger partial charge is 0.306 e. The van der Waals surface area contributed by atoms with Crippen molar-refractivity contribution in [2.45, 2.75) is 39.7 Å². The average molecular weight is 392 g/mol. The molecule has 1 amide bonds. The van der Waals surface area contributed by atoms with Gasteiger partial charge in [-0.2, -0.15) is 4.99 Å². The molecule has 2 unspecified atom stereocenters. The molecule has 2 aliphatic rings. The van der Waals surface area contributed by atoms with Gasteiger partial charge in [0.05, 0.1) is 11.5 Å². The summed E-state index contributed by atoms with van der Waals surface area (Å²) < 4.78 is 32.2. The van der Waals surface area contributed by atoms with Gasteiger partial charge in [-0.25, -0.2) is 13.8 Å². The number of benzene rings is 1. The van der Waals surface area contributed by atoms with Gasteiger partial charge < -0.3 is 4.74 Å². The van der Waals surface area contributed by atoms with Crippen molar-refractivity contribution < 1.29 is 23.1 Å². The molecule has 3 rings (SSSR count). The molecule has 5 nitrogen and oxygen atoms in total. The number of esters is 1. The Morgan fingerprint density at radius 1 is 1.30 bits per heavy atom. The number of hydrogen-bond donors (Lipinski definition) is 0. The van der Waals surface area contributed by atoms with E-state index in [0.717, 1.165) is 28.7 Å². The summed E-state index contributed by atoms with van der Waals surface area (Å²) in [6, 6.07) is 2.98. The van der Waals surface area contributed by atoms with Crippen LogP contribution in [0.4, 0.5) is 8.78 Å². The molecular formula is C19H18F2N2O3S. The highest BCUT2D eigenvalue weighted by Crippen LogP contribution is 2.40. The number of carbonyl (C=O) groups is 2. The molecule has 0 N–H and O–H groups in total. The minimum absolute atomic E-state index is 0.0315. The van der Waals surface area contributed by atoms with Crippen LogP contribution in [0, 0.1) is 17.6 Å². The van der Waals surface area contributed by atoms with Gasteiger partial charge in [0.1, 0.15) is 29.5 Å². The second-order valence-corrected chi connectivity index (χ2v) is 7.62. The van der Waals surface area contributed by atoms with Crippen LogP contribution in [0.3, 0.4) is 0 Å². The number of ether oxygens (including phenoxy) is 1. The van der Waals surface area contributed by atoms with Crippen molar-refractivity contribution in [2.75, 3.05) is 0 Å². The summed E-state index contributed by atoms with van der Waals surface area (Å²) in [5.74, 6) is -2.26. The molecule has 0 saturated carbocycles. The van der Waals surface area contributed by atoms with Gasteiger partial charge in [-0.05, 0) is 49.4 Å². The van der Waals surface area contributed by atoms with Crippen LogP contribution in [0.25, 0.3) is 0 Å². The third-order valence-electron chi connectivity index (χ3n) is 4.48. The van der Waals surface area contributed by atoms with Crippen LogP contribution in [0.2, 0.25) is 0 Å². The van der Waals surface area contributed by atoms with Gasteiger partial charge in [0.25, 0.3) is 5.91 Å². The highest BCUT2D eigenvalue weighted by Gasteiger charge is 2.36. The summed E-state index contributed by atoms with van der Waals surface area (Å²) >= 11 is 1.44. The predicted octanol–water partition coefficient (Wildman–Crippen LogP) is 4.34. The van der Waals surface area contributed by atoms with E-state index in [2.05, 4.69) is 9.98 Å². The number of carbonyl (C=O) groups excluding carboxylic acids is 2. The Morgan fingerprint density at radius 3 is 2.78 bits per heavy atom. The molecule has 0 aromatic heterocycles. The second kappa shape index (κ2) is 7.72. The van der Waals surface area contributed by atoms with Crippen molar-refractivity contribution in [3.63, 3.8) is 0 Å². The Morgan fingerprint density at radius 2 is 2.04 bits per heavy atom. The predicted molar refractivity (Wildman–Crippen MR) is 99.4 cm³/mol. The minimum atomic E-state index is -0.932. The zero-order chi connectivity index (χ0) is 19.7.